The van der Waals surface area contributed by atoms with Crippen molar-refractivity contribution in [2.75, 3.05) is 31.7 Å². The van der Waals surface area contributed by atoms with E-state index in [0.717, 1.165) is 22.3 Å². The van der Waals surface area contributed by atoms with Gasteiger partial charge in [-0.25, -0.2) is 4.79 Å². The number of carbonyl (C=O) groups excluding carboxylic acids is 2. The van der Waals surface area contributed by atoms with Crippen LogP contribution in [0.1, 0.15) is 44.2 Å². The molecule has 1 atom stereocenters. The molecule has 0 spiro atoms. The largest absolute Gasteiger partial charge is 0.480 e. The summed E-state index contributed by atoms with van der Waals surface area (Å²) in [6.45, 7) is 5.80. The Bertz CT molecular complexity index is 1020. The summed E-state index contributed by atoms with van der Waals surface area (Å²) in [6.07, 6.45) is 1.61. The molecule has 2 aromatic rings. The first kappa shape index (κ1) is 26.6. The molecule has 8 heteroatoms. The second-order valence-electron chi connectivity index (χ2n) is 9.95. The van der Waals surface area contributed by atoms with Gasteiger partial charge in [-0.3, -0.25) is 9.59 Å². The molecule has 1 aliphatic rings. The maximum absolute atomic E-state index is 13.3. The van der Waals surface area contributed by atoms with Crippen molar-refractivity contribution in [3.8, 4) is 11.1 Å². The highest BCUT2D eigenvalue weighted by molar-refractivity contribution is 7.98. The van der Waals surface area contributed by atoms with Gasteiger partial charge < -0.3 is 20.1 Å². The number of carboxylic acid groups (broad SMARTS) is 1. The minimum atomic E-state index is -1.09. The van der Waals surface area contributed by atoms with Crippen LogP contribution in [0.4, 0.5) is 4.79 Å². The maximum atomic E-state index is 13.3. The van der Waals surface area contributed by atoms with E-state index in [1.165, 1.54) is 4.90 Å². The number of alkyl carbamates (subject to hydrolysis) is 1. The van der Waals surface area contributed by atoms with Gasteiger partial charge in [-0.2, -0.15) is 11.8 Å². The van der Waals surface area contributed by atoms with Crippen LogP contribution in [0.2, 0.25) is 0 Å². The number of rotatable bonds is 10. The number of carbonyl (C=O) groups is 3. The van der Waals surface area contributed by atoms with Crippen LogP contribution in [-0.4, -0.2) is 65.7 Å². The smallest absolute Gasteiger partial charge is 0.407 e. The highest BCUT2D eigenvalue weighted by atomic mass is 32.2. The van der Waals surface area contributed by atoms with Gasteiger partial charge in [0, 0.05) is 12.5 Å². The summed E-state index contributed by atoms with van der Waals surface area (Å²) in [7, 11) is 0. The molecule has 35 heavy (non-hydrogen) atoms. The molecule has 3 rings (SSSR count). The summed E-state index contributed by atoms with van der Waals surface area (Å²) in [5, 5.41) is 12.0. The molecular formula is C27H34N2O5S. The van der Waals surface area contributed by atoms with Crippen molar-refractivity contribution in [2.24, 2.45) is 5.41 Å². The monoisotopic (exact) mass is 498 g/mol. The maximum Gasteiger partial charge on any atom is 0.407 e. The zero-order valence-electron chi connectivity index (χ0n) is 20.7. The minimum absolute atomic E-state index is 0.0853. The van der Waals surface area contributed by atoms with Crippen LogP contribution in [0, 0.1) is 5.41 Å². The fourth-order valence-electron chi connectivity index (χ4n) is 4.44. The Morgan fingerprint density at radius 1 is 1.06 bits per heavy atom. The van der Waals surface area contributed by atoms with Crippen molar-refractivity contribution in [3.63, 3.8) is 0 Å². The predicted molar refractivity (Wildman–Crippen MR) is 139 cm³/mol. The summed E-state index contributed by atoms with van der Waals surface area (Å²) in [6, 6.07) is 15.3. The van der Waals surface area contributed by atoms with Crippen LogP contribution in [-0.2, 0) is 14.3 Å². The van der Waals surface area contributed by atoms with E-state index in [0.29, 0.717) is 12.2 Å². The molecule has 0 bridgehead atoms. The number of hydrogen-bond acceptors (Lipinski definition) is 5. The van der Waals surface area contributed by atoms with E-state index >= 15 is 0 Å². The second kappa shape index (κ2) is 11.6. The molecule has 1 aliphatic carbocycles. The number of amides is 2. The highest BCUT2D eigenvalue weighted by Crippen LogP contribution is 2.44. The lowest BCUT2D eigenvalue weighted by molar-refractivity contribution is -0.146. The van der Waals surface area contributed by atoms with Crippen molar-refractivity contribution in [1.29, 1.82) is 0 Å². The average molecular weight is 499 g/mol. The quantitative estimate of drug-likeness (QED) is 0.497. The van der Waals surface area contributed by atoms with E-state index in [1.54, 1.807) is 11.8 Å². The predicted octanol–water partition coefficient (Wildman–Crippen LogP) is 4.61. The van der Waals surface area contributed by atoms with E-state index in [9.17, 15) is 19.5 Å². The first-order valence-electron chi connectivity index (χ1n) is 11.7. The van der Waals surface area contributed by atoms with Gasteiger partial charge in [0.15, 0.2) is 0 Å². The molecule has 2 aromatic carbocycles. The third kappa shape index (κ3) is 7.01. The zero-order chi connectivity index (χ0) is 25.6. The summed E-state index contributed by atoms with van der Waals surface area (Å²) >= 11 is 1.55. The Labute approximate surface area is 211 Å². The summed E-state index contributed by atoms with van der Waals surface area (Å²) in [5.41, 5.74) is 4.19. The third-order valence-electron chi connectivity index (χ3n) is 5.85. The van der Waals surface area contributed by atoms with Crippen molar-refractivity contribution in [2.45, 2.75) is 39.2 Å². The fourth-order valence-corrected chi connectivity index (χ4v) is 4.91. The first-order valence-corrected chi connectivity index (χ1v) is 13.1. The van der Waals surface area contributed by atoms with Crippen LogP contribution in [0.3, 0.4) is 0 Å². The van der Waals surface area contributed by atoms with Gasteiger partial charge in [-0.05, 0) is 46.1 Å². The number of aliphatic carboxylic acids is 1. The number of thioether (sulfide) groups is 1. The lowest BCUT2D eigenvalue weighted by Gasteiger charge is -2.31. The van der Waals surface area contributed by atoms with E-state index in [2.05, 4.69) is 17.4 Å². The molecule has 0 aliphatic heterocycles. The highest BCUT2D eigenvalue weighted by Gasteiger charge is 2.32. The molecule has 0 unspecified atom stereocenters. The van der Waals surface area contributed by atoms with Gasteiger partial charge in [0.2, 0.25) is 5.91 Å². The lowest BCUT2D eigenvalue weighted by atomic mass is 9.95. The molecule has 0 saturated heterocycles. The standard InChI is InChI=1S/C27H34N2O5S/c1-27(2,3)17-29(15-24(30)31)25(32)23(13-14-35-4)28-26(33)34-16-22-20-11-7-5-9-18(20)19-10-6-8-12-21(19)22/h5-12,22-23H,13-17H2,1-4H3,(H,28,33)(H,30,31)/t23-/m1/s1. The van der Waals surface area contributed by atoms with Crippen molar-refractivity contribution in [3.05, 3.63) is 59.7 Å². The molecule has 188 valence electrons. The number of fused-ring (bicyclic) bond motifs is 3. The number of nitrogens with zero attached hydrogens (tertiary/aromatic N) is 1. The minimum Gasteiger partial charge on any atom is -0.480 e. The van der Waals surface area contributed by atoms with Crippen LogP contribution < -0.4 is 5.32 Å². The zero-order valence-corrected chi connectivity index (χ0v) is 21.6. The van der Waals surface area contributed by atoms with Gasteiger partial charge in [-0.1, -0.05) is 69.3 Å². The van der Waals surface area contributed by atoms with E-state index in [4.69, 9.17) is 4.74 Å². The van der Waals surface area contributed by atoms with E-state index in [-0.39, 0.29) is 24.5 Å². The Kier molecular flexibility index (Phi) is 8.83. The molecular weight excluding hydrogens is 464 g/mol. The molecule has 2 amide bonds. The van der Waals surface area contributed by atoms with Crippen molar-refractivity contribution >= 4 is 29.7 Å². The van der Waals surface area contributed by atoms with Gasteiger partial charge in [-0.15, -0.1) is 0 Å². The molecule has 2 N–H and O–H groups in total. The summed E-state index contributed by atoms with van der Waals surface area (Å²) in [4.78, 5) is 38.8. The number of benzene rings is 2. The second-order valence-corrected chi connectivity index (χ2v) is 10.9. The van der Waals surface area contributed by atoms with Gasteiger partial charge in [0.1, 0.15) is 19.2 Å². The Hall–Kier alpha value is -3.00. The molecule has 0 fully saturated rings. The normalized spacial score (nSPS) is 13.5. The number of nitrogens with one attached hydrogen (secondary N) is 1. The number of hydrogen-bond donors (Lipinski definition) is 2. The SMILES string of the molecule is CSCC[C@@H](NC(=O)OCC1c2ccccc2-c2ccccc21)C(=O)N(CC(=O)O)CC(C)(C)C. The molecule has 0 heterocycles. The van der Waals surface area contributed by atoms with Crippen LogP contribution >= 0.6 is 11.8 Å². The fraction of sp³-hybridized carbons (Fsp3) is 0.444. The lowest BCUT2D eigenvalue weighted by Crippen LogP contribution is -2.52. The van der Waals surface area contributed by atoms with Gasteiger partial charge >= 0.3 is 12.1 Å². The van der Waals surface area contributed by atoms with Crippen LogP contribution in [0.5, 0.6) is 0 Å². The van der Waals surface area contributed by atoms with Gasteiger partial charge in [0.25, 0.3) is 0 Å². The molecule has 0 radical (unpaired) electrons. The molecule has 0 saturated carbocycles. The molecule has 0 aromatic heterocycles. The number of carboxylic acids is 1. The Balaban J connectivity index is 1.71. The summed E-state index contributed by atoms with van der Waals surface area (Å²) < 4.78 is 5.62. The topological polar surface area (TPSA) is 95.9 Å². The van der Waals surface area contributed by atoms with Crippen molar-refractivity contribution in [1.82, 2.24) is 10.2 Å². The Morgan fingerprint density at radius 2 is 1.63 bits per heavy atom. The Morgan fingerprint density at radius 3 is 2.14 bits per heavy atom. The summed E-state index contributed by atoms with van der Waals surface area (Å²) in [5.74, 6) is -0.952. The van der Waals surface area contributed by atoms with Crippen molar-refractivity contribution < 1.29 is 24.2 Å². The molecule has 7 nitrogen and oxygen atoms in total. The van der Waals surface area contributed by atoms with Crippen LogP contribution in [0.25, 0.3) is 11.1 Å². The van der Waals surface area contributed by atoms with Crippen LogP contribution in [0.15, 0.2) is 48.5 Å². The first-order chi connectivity index (χ1) is 16.6. The van der Waals surface area contributed by atoms with Gasteiger partial charge in [0.05, 0.1) is 0 Å². The third-order valence-corrected chi connectivity index (χ3v) is 6.49. The average Bonchev–Trinajstić information content (AvgIpc) is 3.12. The van der Waals surface area contributed by atoms with E-state index in [1.807, 2.05) is 63.4 Å². The number of ether oxygens (including phenoxy) is 1. The van der Waals surface area contributed by atoms with E-state index < -0.39 is 30.6 Å².